The molecule has 2 aromatic carbocycles. The van der Waals surface area contributed by atoms with Gasteiger partial charge >= 0.3 is 59.1 Å². The van der Waals surface area contributed by atoms with Gasteiger partial charge in [0.2, 0.25) is 0 Å². The monoisotopic (exact) mass is 450 g/mol. The van der Waals surface area contributed by atoms with Crippen LogP contribution in [0, 0.1) is 13.8 Å². The van der Waals surface area contributed by atoms with E-state index in [1.807, 2.05) is 0 Å². The minimum absolute atomic E-state index is 0. The van der Waals surface area contributed by atoms with Gasteiger partial charge in [0.1, 0.15) is 31.7 Å². The Labute approximate surface area is 207 Å². The molecule has 9 nitrogen and oxygen atoms in total. The van der Waals surface area contributed by atoms with Crippen LogP contribution in [0.25, 0.3) is 0 Å². The molecular weight excluding hydrogens is 434 g/mol. The Hall–Kier alpha value is -0.180. The van der Waals surface area contributed by atoms with Gasteiger partial charge in [0.15, 0.2) is 0 Å². The van der Waals surface area contributed by atoms with Gasteiger partial charge in [0.25, 0.3) is 0 Å². The molecule has 0 amide bonds. The fourth-order valence-corrected chi connectivity index (χ4v) is 3.84. The van der Waals surface area contributed by atoms with Crippen molar-refractivity contribution in [2.24, 2.45) is 0 Å². The van der Waals surface area contributed by atoms with Crippen molar-refractivity contribution in [2.75, 3.05) is 0 Å². The first-order valence-electron chi connectivity index (χ1n) is 6.87. The van der Waals surface area contributed by atoms with Crippen molar-refractivity contribution in [1.82, 2.24) is 0 Å². The van der Waals surface area contributed by atoms with Crippen LogP contribution in [0.2, 0.25) is 0 Å². The maximum absolute atomic E-state index is 11.4. The molecule has 0 aliphatic carbocycles. The van der Waals surface area contributed by atoms with E-state index in [1.54, 1.807) is 0 Å². The Balaban J connectivity index is 0. The van der Waals surface area contributed by atoms with Gasteiger partial charge in [-0.1, -0.05) is 12.1 Å². The molecule has 0 bridgehead atoms. The second-order valence-electron chi connectivity index (χ2n) is 5.58. The smallest absolute Gasteiger partial charge is 0.744 e. The van der Waals surface area contributed by atoms with Crippen molar-refractivity contribution in [3.05, 3.63) is 46.5 Å². The standard InChI is InChI=1S/C15H16O8S2.2Na.H2O/c1-8-3-10(14(6-12(8)16)24(18,19)20)5-11-4-9(2)13(17)7-15(11)25(21,22)23;;;/h3-4,6-7,16-17H,5H2,1-2H3,(H,18,19,20)(H,21,22,23);;;1H2/q;2*+1;/p-2. The molecule has 0 aliphatic rings. The van der Waals surface area contributed by atoms with E-state index in [0.29, 0.717) is 0 Å². The molecule has 0 fully saturated rings. The molecule has 0 aromatic heterocycles. The summed E-state index contributed by atoms with van der Waals surface area (Å²) in [7, 11) is -9.89. The van der Waals surface area contributed by atoms with E-state index in [-0.39, 0.29) is 93.3 Å². The molecule has 0 spiro atoms. The van der Waals surface area contributed by atoms with Crippen molar-refractivity contribution in [3.8, 4) is 11.5 Å². The van der Waals surface area contributed by atoms with Crippen molar-refractivity contribution >= 4 is 20.2 Å². The molecule has 0 heterocycles. The maximum Gasteiger partial charge on any atom is 1.00 e. The second kappa shape index (κ2) is 10.7. The number of phenols is 2. The van der Waals surface area contributed by atoms with Crippen molar-refractivity contribution in [3.63, 3.8) is 0 Å². The fraction of sp³-hybridized carbons (Fsp3) is 0.200. The topological polar surface area (TPSA) is 186 Å². The Morgan fingerprint density at radius 3 is 1.29 bits per heavy atom. The molecule has 4 N–H and O–H groups in total. The summed E-state index contributed by atoms with van der Waals surface area (Å²) in [6.07, 6.45) is -0.365. The summed E-state index contributed by atoms with van der Waals surface area (Å²) in [4.78, 5) is -1.42. The first-order valence-corrected chi connectivity index (χ1v) is 9.69. The minimum Gasteiger partial charge on any atom is -0.744 e. The van der Waals surface area contributed by atoms with Gasteiger partial charge in [-0.2, -0.15) is 0 Å². The third-order valence-electron chi connectivity index (χ3n) is 3.68. The predicted molar refractivity (Wildman–Crippen MR) is 88.0 cm³/mol. The summed E-state index contributed by atoms with van der Waals surface area (Å²) in [5.41, 5.74) is 0.398. The quantitative estimate of drug-likeness (QED) is 0.341. The number of benzene rings is 2. The first-order chi connectivity index (χ1) is 11.3. The van der Waals surface area contributed by atoms with Gasteiger partial charge in [-0.25, -0.2) is 16.8 Å². The van der Waals surface area contributed by atoms with Crippen LogP contribution in [0.15, 0.2) is 34.1 Å². The van der Waals surface area contributed by atoms with Crippen molar-refractivity contribution in [1.29, 1.82) is 0 Å². The van der Waals surface area contributed by atoms with Crippen LogP contribution in [0.5, 0.6) is 11.5 Å². The normalized spacial score (nSPS) is 11.0. The van der Waals surface area contributed by atoms with Crippen LogP contribution in [-0.4, -0.2) is 41.6 Å². The summed E-state index contributed by atoms with van der Waals surface area (Å²) < 4.78 is 68.5. The van der Waals surface area contributed by atoms with Gasteiger partial charge in [-0.15, -0.1) is 0 Å². The van der Waals surface area contributed by atoms with Crippen LogP contribution in [0.3, 0.4) is 0 Å². The van der Waals surface area contributed by atoms with Crippen molar-refractivity contribution < 1.29 is 101 Å². The fourth-order valence-electron chi connectivity index (χ4n) is 2.42. The zero-order chi connectivity index (χ0) is 19.2. The molecule has 0 saturated carbocycles. The van der Waals surface area contributed by atoms with Gasteiger partial charge in [0.05, 0.1) is 9.79 Å². The van der Waals surface area contributed by atoms with E-state index in [9.17, 15) is 36.2 Å². The molecule has 2 aromatic rings. The van der Waals surface area contributed by atoms with Crippen LogP contribution in [0.1, 0.15) is 22.3 Å². The maximum atomic E-state index is 11.4. The van der Waals surface area contributed by atoms with Gasteiger partial charge in [-0.05, 0) is 54.7 Å². The number of aromatic hydroxyl groups is 2. The van der Waals surface area contributed by atoms with E-state index in [0.717, 1.165) is 12.1 Å². The molecule has 0 aliphatic heterocycles. The van der Waals surface area contributed by atoms with E-state index in [4.69, 9.17) is 0 Å². The molecular formula is C15H16Na2O9S2. The van der Waals surface area contributed by atoms with E-state index < -0.39 is 41.5 Å². The predicted octanol–water partition coefficient (Wildman–Crippen LogP) is -5.70. The SMILES string of the molecule is Cc1cc(Cc2cc(C)c(O)cc2S(=O)(=O)[O-])c(S(=O)(=O)[O-])cc1O.O.[Na+].[Na+]. The zero-order valence-electron chi connectivity index (χ0n) is 15.7. The molecule has 0 saturated heterocycles. The number of hydrogen-bond acceptors (Lipinski definition) is 8. The molecule has 2 rings (SSSR count). The van der Waals surface area contributed by atoms with Crippen LogP contribution in [0.4, 0.5) is 0 Å². The Morgan fingerprint density at radius 1 is 0.750 bits per heavy atom. The Kier molecular flexibility index (Phi) is 11.5. The molecule has 28 heavy (non-hydrogen) atoms. The van der Waals surface area contributed by atoms with E-state index in [2.05, 4.69) is 0 Å². The van der Waals surface area contributed by atoms with Crippen molar-refractivity contribution in [2.45, 2.75) is 30.1 Å². The van der Waals surface area contributed by atoms with E-state index in [1.165, 1.54) is 26.0 Å². The summed E-state index contributed by atoms with van der Waals surface area (Å²) in [5.74, 6) is -0.812. The van der Waals surface area contributed by atoms with Crippen LogP contribution >= 0.6 is 0 Å². The number of phenolic OH excluding ortho intramolecular Hbond substituents is 2. The van der Waals surface area contributed by atoms with Crippen LogP contribution < -0.4 is 59.1 Å². The molecule has 0 radical (unpaired) electrons. The van der Waals surface area contributed by atoms with Gasteiger partial charge in [0, 0.05) is 0 Å². The summed E-state index contributed by atoms with van der Waals surface area (Å²) in [6.45, 7) is 2.93. The summed E-state index contributed by atoms with van der Waals surface area (Å²) >= 11 is 0. The van der Waals surface area contributed by atoms with Gasteiger partial charge < -0.3 is 24.8 Å². The molecule has 0 unspecified atom stereocenters. The Bertz CT molecular complexity index is 980. The first kappa shape index (κ1) is 30.0. The Morgan fingerprint density at radius 2 is 1.04 bits per heavy atom. The average Bonchev–Trinajstić information content (AvgIpc) is 2.43. The number of aryl methyl sites for hydroxylation is 2. The third kappa shape index (κ3) is 6.96. The number of hydrogen-bond donors (Lipinski definition) is 2. The molecule has 144 valence electrons. The zero-order valence-corrected chi connectivity index (χ0v) is 21.3. The number of rotatable bonds is 4. The summed E-state index contributed by atoms with van der Waals surface area (Å²) in [5, 5.41) is 19.3. The minimum atomic E-state index is -4.95. The van der Waals surface area contributed by atoms with Crippen LogP contribution in [-0.2, 0) is 26.7 Å². The largest absolute Gasteiger partial charge is 1.00 e. The molecule has 13 heteroatoms. The second-order valence-corrected chi connectivity index (χ2v) is 8.27. The molecule has 0 atom stereocenters. The average molecular weight is 450 g/mol. The van der Waals surface area contributed by atoms with E-state index >= 15 is 0 Å². The summed E-state index contributed by atoms with van der Waals surface area (Å²) in [6, 6.07) is 4.02. The third-order valence-corrected chi connectivity index (χ3v) is 5.52. The van der Waals surface area contributed by atoms with Gasteiger partial charge in [-0.3, -0.25) is 0 Å².